The molecule has 0 aliphatic carbocycles. The molecule has 0 fully saturated rings. The van der Waals surface area contributed by atoms with Crippen LogP contribution in [0.1, 0.15) is 25.3 Å². The van der Waals surface area contributed by atoms with Gasteiger partial charge in [-0.2, -0.15) is 4.99 Å². The summed E-state index contributed by atoms with van der Waals surface area (Å²) in [6.45, 7) is 6.74. The Kier molecular flexibility index (Phi) is 5.53. The number of hydrogen-bond acceptors (Lipinski definition) is 6. The first-order valence-corrected chi connectivity index (χ1v) is 9.73. The lowest BCUT2D eigenvalue weighted by atomic mass is 10.1. The van der Waals surface area contributed by atoms with Gasteiger partial charge in [-0.3, -0.25) is 0 Å². The number of halogens is 1. The summed E-state index contributed by atoms with van der Waals surface area (Å²) in [6.07, 6.45) is 2.13. The summed E-state index contributed by atoms with van der Waals surface area (Å²) in [6, 6.07) is 15.0. The minimum Gasteiger partial charge on any atom is -0.494 e. The number of nitrogens with one attached hydrogen (secondary N) is 1. The van der Waals surface area contributed by atoms with E-state index in [1.54, 1.807) is 6.07 Å². The van der Waals surface area contributed by atoms with Crippen LogP contribution in [0.5, 0.6) is 5.75 Å². The molecule has 1 aliphatic heterocycles. The molecular formula is C22H20ClN3O3. The minimum absolute atomic E-state index is 0.324. The zero-order valence-electron chi connectivity index (χ0n) is 15.9. The van der Waals surface area contributed by atoms with Gasteiger partial charge in [-0.25, -0.2) is 5.48 Å². The second-order valence-electron chi connectivity index (χ2n) is 6.51. The molecule has 1 aromatic heterocycles. The third-order valence-electron chi connectivity index (χ3n) is 4.46. The van der Waals surface area contributed by atoms with E-state index in [2.05, 4.69) is 29.1 Å². The number of benzene rings is 2. The van der Waals surface area contributed by atoms with E-state index in [9.17, 15) is 0 Å². The number of ether oxygens (including phenoxy) is 1. The molecule has 0 unspecified atom stereocenters. The molecule has 0 radical (unpaired) electrons. The van der Waals surface area contributed by atoms with Gasteiger partial charge in [0.05, 0.1) is 11.6 Å². The van der Waals surface area contributed by atoms with Gasteiger partial charge in [0, 0.05) is 11.1 Å². The van der Waals surface area contributed by atoms with Crippen molar-refractivity contribution in [3.63, 3.8) is 0 Å². The molecule has 6 nitrogen and oxygen atoms in total. The van der Waals surface area contributed by atoms with Crippen LogP contribution < -0.4 is 20.9 Å². The summed E-state index contributed by atoms with van der Waals surface area (Å²) < 4.78 is 11.0. The molecule has 3 aromatic rings. The second-order valence-corrected chi connectivity index (χ2v) is 6.91. The van der Waals surface area contributed by atoms with E-state index < -0.39 is 0 Å². The van der Waals surface area contributed by atoms with Crippen molar-refractivity contribution in [2.24, 2.45) is 4.99 Å². The van der Waals surface area contributed by atoms with Crippen molar-refractivity contribution in [2.75, 3.05) is 6.61 Å². The summed E-state index contributed by atoms with van der Waals surface area (Å²) in [5, 5.41) is 5.21. The molecule has 0 atom stereocenters. The molecule has 29 heavy (non-hydrogen) atoms. The fourth-order valence-electron chi connectivity index (χ4n) is 2.90. The topological polar surface area (TPSA) is 68.9 Å². The van der Waals surface area contributed by atoms with Gasteiger partial charge >= 0.3 is 0 Å². The summed E-state index contributed by atoms with van der Waals surface area (Å²) in [7, 11) is 0. The zero-order chi connectivity index (χ0) is 20.2. The van der Waals surface area contributed by atoms with Gasteiger partial charge in [0.2, 0.25) is 0 Å². The minimum atomic E-state index is 0.324. The van der Waals surface area contributed by atoms with Crippen molar-refractivity contribution in [1.82, 2.24) is 10.6 Å². The Morgan fingerprint density at radius 3 is 2.69 bits per heavy atom. The van der Waals surface area contributed by atoms with Crippen molar-refractivity contribution < 1.29 is 14.1 Å². The number of aromatic nitrogens is 1. The van der Waals surface area contributed by atoms with Gasteiger partial charge in [-0.1, -0.05) is 54.9 Å². The fraction of sp³-hybridized carbons (Fsp3) is 0.182. The monoisotopic (exact) mass is 409 g/mol. The predicted octanol–water partition coefficient (Wildman–Crippen LogP) is 3.63. The highest BCUT2D eigenvalue weighted by molar-refractivity contribution is 6.33. The molecule has 0 spiro atoms. The molecule has 0 bridgehead atoms. The Bertz CT molecular complexity index is 1150. The SMILES string of the molecule is C=c1onc(-c2ccccc2Cl)c1=C1N=C(c2ccc(OCCCC)cc2)NO1. The third kappa shape index (κ3) is 3.98. The summed E-state index contributed by atoms with van der Waals surface area (Å²) in [5.41, 5.74) is 5.31. The molecule has 0 amide bonds. The van der Waals surface area contributed by atoms with Crippen molar-refractivity contribution >= 4 is 29.9 Å². The van der Waals surface area contributed by atoms with Crippen LogP contribution >= 0.6 is 11.6 Å². The molecule has 7 heteroatoms. The van der Waals surface area contributed by atoms with E-state index in [-0.39, 0.29) is 0 Å². The average Bonchev–Trinajstić information content (AvgIpc) is 3.36. The average molecular weight is 410 g/mol. The molecular weight excluding hydrogens is 390 g/mol. The maximum Gasteiger partial charge on any atom is 0.261 e. The van der Waals surface area contributed by atoms with Gasteiger partial charge in [0.25, 0.3) is 5.88 Å². The fourth-order valence-corrected chi connectivity index (χ4v) is 3.12. The molecule has 2 aromatic carbocycles. The molecule has 2 heterocycles. The lowest BCUT2D eigenvalue weighted by Gasteiger charge is -2.06. The predicted molar refractivity (Wildman–Crippen MR) is 113 cm³/mol. The van der Waals surface area contributed by atoms with Crippen LogP contribution in [0.15, 0.2) is 58.0 Å². The Hall–Kier alpha value is -3.25. The van der Waals surface area contributed by atoms with E-state index in [4.69, 9.17) is 25.7 Å². The van der Waals surface area contributed by atoms with Crippen molar-refractivity contribution in [2.45, 2.75) is 19.8 Å². The van der Waals surface area contributed by atoms with Gasteiger partial charge in [-0.05, 0) is 36.8 Å². The van der Waals surface area contributed by atoms with Gasteiger partial charge < -0.3 is 14.1 Å². The van der Waals surface area contributed by atoms with E-state index in [0.29, 0.717) is 39.7 Å². The van der Waals surface area contributed by atoms with E-state index in [0.717, 1.165) is 29.7 Å². The Morgan fingerprint density at radius 1 is 1.14 bits per heavy atom. The quantitative estimate of drug-likeness (QED) is 0.629. The zero-order valence-corrected chi connectivity index (χ0v) is 16.7. The molecule has 1 aliphatic rings. The number of aliphatic imine (C=N–C) groups is 1. The highest BCUT2D eigenvalue weighted by atomic mass is 35.5. The number of rotatable bonds is 6. The van der Waals surface area contributed by atoms with Crippen molar-refractivity contribution in [1.29, 1.82) is 0 Å². The molecule has 0 saturated heterocycles. The normalized spacial score (nSPS) is 14.9. The summed E-state index contributed by atoms with van der Waals surface area (Å²) in [5.74, 6) is 1.72. The Morgan fingerprint density at radius 2 is 1.93 bits per heavy atom. The summed E-state index contributed by atoms with van der Waals surface area (Å²) in [4.78, 5) is 10.2. The van der Waals surface area contributed by atoms with Crippen LogP contribution in [0.3, 0.4) is 0 Å². The van der Waals surface area contributed by atoms with Gasteiger partial charge in [0.1, 0.15) is 16.7 Å². The van der Waals surface area contributed by atoms with E-state index >= 15 is 0 Å². The number of unbranched alkanes of at least 4 members (excludes halogenated alkanes) is 1. The molecule has 4 rings (SSSR count). The van der Waals surface area contributed by atoms with Gasteiger partial charge in [0.15, 0.2) is 11.3 Å². The Balaban J connectivity index is 1.67. The first kappa shape index (κ1) is 19.1. The van der Waals surface area contributed by atoms with Crippen LogP contribution in [0.4, 0.5) is 0 Å². The van der Waals surface area contributed by atoms with Crippen LogP contribution in [0.2, 0.25) is 5.02 Å². The lowest BCUT2D eigenvalue weighted by molar-refractivity contribution is 0.229. The molecule has 1 N–H and O–H groups in total. The Labute approximate surface area is 173 Å². The molecule has 0 saturated carbocycles. The number of hydroxylamine groups is 1. The van der Waals surface area contributed by atoms with E-state index in [1.165, 1.54) is 0 Å². The van der Waals surface area contributed by atoms with Crippen LogP contribution in [-0.2, 0) is 4.84 Å². The van der Waals surface area contributed by atoms with Crippen LogP contribution in [0, 0.1) is 0 Å². The van der Waals surface area contributed by atoms with E-state index in [1.807, 2.05) is 42.5 Å². The first-order valence-electron chi connectivity index (χ1n) is 9.36. The largest absolute Gasteiger partial charge is 0.494 e. The highest BCUT2D eigenvalue weighted by Crippen LogP contribution is 2.24. The maximum absolute atomic E-state index is 6.32. The number of amidine groups is 1. The maximum atomic E-state index is 6.32. The lowest BCUT2D eigenvalue weighted by Crippen LogP contribution is -2.24. The van der Waals surface area contributed by atoms with Crippen LogP contribution in [0.25, 0.3) is 23.7 Å². The van der Waals surface area contributed by atoms with Crippen molar-refractivity contribution in [3.8, 4) is 17.0 Å². The summed E-state index contributed by atoms with van der Waals surface area (Å²) >= 11 is 6.32. The first-order chi connectivity index (χ1) is 14.2. The number of hydrogen-bond donors (Lipinski definition) is 1. The highest BCUT2D eigenvalue weighted by Gasteiger charge is 2.20. The number of nitrogens with zero attached hydrogens (tertiary/aromatic N) is 2. The van der Waals surface area contributed by atoms with Crippen LogP contribution in [-0.4, -0.2) is 17.6 Å². The van der Waals surface area contributed by atoms with Gasteiger partial charge in [-0.15, -0.1) is 0 Å². The molecule has 148 valence electrons. The third-order valence-corrected chi connectivity index (χ3v) is 4.79. The standard InChI is InChI=1S/C22H20ClN3O3/c1-3-4-13-27-16-11-9-15(10-12-16)21-24-22(29-26-21)19-14(2)28-25-20(19)17-7-5-6-8-18(17)23/h5-12H,2-4,13H2,1H3,(H,24,26). The smallest absolute Gasteiger partial charge is 0.261 e. The van der Waals surface area contributed by atoms with Crippen molar-refractivity contribution in [3.05, 3.63) is 69.8 Å². The second kappa shape index (κ2) is 8.41.